The van der Waals surface area contributed by atoms with Gasteiger partial charge in [0.1, 0.15) is 16.8 Å². The van der Waals surface area contributed by atoms with Gasteiger partial charge in [-0.05, 0) is 6.08 Å². The summed E-state index contributed by atoms with van der Waals surface area (Å²) in [5.41, 5.74) is 0. The molecule has 0 bridgehead atoms. The summed E-state index contributed by atoms with van der Waals surface area (Å²) in [5.74, 6) is 0.813. The molecule has 0 atom stereocenters. The Labute approximate surface area is 136 Å². The minimum Gasteiger partial charge on any atom is -0.490 e. The molecule has 1 aromatic carbocycles. The first kappa shape index (κ1) is 17.2. The maximum Gasteiger partial charge on any atom is 0.156 e. The molecule has 0 unspecified atom stereocenters. The van der Waals surface area contributed by atoms with Crippen molar-refractivity contribution in [2.45, 2.75) is 6.42 Å². The first-order valence-corrected chi connectivity index (χ1v) is 6.97. The zero-order valence-corrected chi connectivity index (χ0v) is 13.2. The van der Waals surface area contributed by atoms with Crippen molar-refractivity contribution < 1.29 is 14.7 Å². The standard InChI is InChI=1S/C12H11Cl4NO3/c13-9-6-8(19-5-2-11(15)16)7-10(14)12(9)20-4-1-3-17-18/h2-3,6-7,18H,1,4-5H2. The average molecular weight is 359 g/mol. The van der Waals surface area contributed by atoms with E-state index in [-0.39, 0.29) is 17.7 Å². The van der Waals surface area contributed by atoms with Crippen LogP contribution in [-0.2, 0) is 0 Å². The first-order valence-electron chi connectivity index (χ1n) is 5.46. The summed E-state index contributed by atoms with van der Waals surface area (Å²) in [7, 11) is 0. The van der Waals surface area contributed by atoms with Gasteiger partial charge in [0.25, 0.3) is 0 Å². The van der Waals surface area contributed by atoms with E-state index in [9.17, 15) is 0 Å². The summed E-state index contributed by atoms with van der Waals surface area (Å²) < 4.78 is 10.9. The van der Waals surface area contributed by atoms with Crippen LogP contribution in [0.5, 0.6) is 11.5 Å². The smallest absolute Gasteiger partial charge is 0.156 e. The lowest BCUT2D eigenvalue weighted by molar-refractivity contribution is 0.310. The number of ether oxygens (including phenoxy) is 2. The number of nitrogens with zero attached hydrogens (tertiary/aromatic N) is 1. The Balaban J connectivity index is 2.68. The molecular formula is C12H11Cl4NO3. The molecule has 0 heterocycles. The summed E-state index contributed by atoms with van der Waals surface area (Å²) in [6.45, 7) is 0.483. The van der Waals surface area contributed by atoms with Gasteiger partial charge in [0.05, 0.1) is 16.7 Å². The number of rotatable bonds is 7. The van der Waals surface area contributed by atoms with Crippen molar-refractivity contribution in [3.63, 3.8) is 0 Å². The molecule has 0 saturated carbocycles. The summed E-state index contributed by atoms with van der Waals surface area (Å²) in [6, 6.07) is 3.14. The van der Waals surface area contributed by atoms with Crippen LogP contribution in [0.4, 0.5) is 0 Å². The number of hydrogen-bond donors (Lipinski definition) is 1. The monoisotopic (exact) mass is 357 g/mol. The molecule has 110 valence electrons. The second kappa shape index (κ2) is 9.19. The number of hydrogen-bond acceptors (Lipinski definition) is 4. The van der Waals surface area contributed by atoms with Gasteiger partial charge in [0.15, 0.2) is 5.75 Å². The highest BCUT2D eigenvalue weighted by Gasteiger charge is 2.10. The number of halogens is 4. The molecule has 1 rings (SSSR count). The first-order chi connectivity index (χ1) is 9.54. The normalized spacial score (nSPS) is 10.6. The number of benzene rings is 1. The maximum absolute atomic E-state index is 8.25. The Hall–Kier alpha value is -0.810. The van der Waals surface area contributed by atoms with Gasteiger partial charge in [-0.25, -0.2) is 0 Å². The van der Waals surface area contributed by atoms with Crippen molar-refractivity contribution in [3.8, 4) is 11.5 Å². The third-order valence-electron chi connectivity index (χ3n) is 2.03. The van der Waals surface area contributed by atoms with Gasteiger partial charge in [0.2, 0.25) is 0 Å². The minimum absolute atomic E-state index is 0.118. The van der Waals surface area contributed by atoms with E-state index in [1.54, 1.807) is 12.1 Å². The van der Waals surface area contributed by atoms with Crippen molar-refractivity contribution in [1.29, 1.82) is 0 Å². The van der Waals surface area contributed by atoms with E-state index in [4.69, 9.17) is 61.1 Å². The molecule has 4 nitrogen and oxygen atoms in total. The predicted octanol–water partition coefficient (Wildman–Crippen LogP) is 4.92. The molecule has 0 fully saturated rings. The Morgan fingerprint density at radius 1 is 1.20 bits per heavy atom. The van der Waals surface area contributed by atoms with Crippen LogP contribution in [0, 0.1) is 0 Å². The summed E-state index contributed by atoms with van der Waals surface area (Å²) >= 11 is 23.0. The van der Waals surface area contributed by atoms with Crippen LogP contribution in [0.3, 0.4) is 0 Å². The highest BCUT2D eigenvalue weighted by atomic mass is 35.5. The van der Waals surface area contributed by atoms with Crippen LogP contribution in [0.15, 0.2) is 27.9 Å². The van der Waals surface area contributed by atoms with Crippen LogP contribution in [0.1, 0.15) is 6.42 Å². The fraction of sp³-hybridized carbons (Fsp3) is 0.250. The Kier molecular flexibility index (Phi) is 7.92. The van der Waals surface area contributed by atoms with E-state index in [0.717, 1.165) is 0 Å². The molecule has 0 spiro atoms. The summed E-state index contributed by atoms with van der Waals surface area (Å²) in [6.07, 6.45) is 3.23. The zero-order valence-electron chi connectivity index (χ0n) is 10.2. The highest BCUT2D eigenvalue weighted by Crippen LogP contribution is 2.37. The van der Waals surface area contributed by atoms with Crippen LogP contribution < -0.4 is 9.47 Å². The van der Waals surface area contributed by atoms with Gasteiger partial charge in [-0.1, -0.05) is 46.4 Å². The van der Waals surface area contributed by atoms with E-state index in [1.807, 2.05) is 0 Å². The molecule has 0 aliphatic carbocycles. The van der Waals surface area contributed by atoms with Crippen LogP contribution in [0.25, 0.3) is 0 Å². The van der Waals surface area contributed by atoms with E-state index in [0.29, 0.717) is 28.0 Å². The molecule has 1 aromatic rings. The molecule has 8 heteroatoms. The van der Waals surface area contributed by atoms with Crippen molar-refractivity contribution in [1.82, 2.24) is 0 Å². The topological polar surface area (TPSA) is 51.1 Å². The lowest BCUT2D eigenvalue weighted by atomic mass is 10.3. The highest BCUT2D eigenvalue weighted by molar-refractivity contribution is 6.55. The largest absolute Gasteiger partial charge is 0.490 e. The van der Waals surface area contributed by atoms with Gasteiger partial charge >= 0.3 is 0 Å². The van der Waals surface area contributed by atoms with Gasteiger partial charge < -0.3 is 14.7 Å². The molecule has 0 amide bonds. The van der Waals surface area contributed by atoms with Gasteiger partial charge in [-0.15, -0.1) is 5.16 Å². The Morgan fingerprint density at radius 2 is 1.85 bits per heavy atom. The van der Waals surface area contributed by atoms with E-state index in [2.05, 4.69) is 5.16 Å². The Morgan fingerprint density at radius 3 is 2.40 bits per heavy atom. The van der Waals surface area contributed by atoms with Crippen molar-refractivity contribution in [2.75, 3.05) is 13.2 Å². The molecular weight excluding hydrogens is 348 g/mol. The molecule has 1 N–H and O–H groups in total. The molecule has 0 aromatic heterocycles. The molecule has 0 radical (unpaired) electrons. The zero-order chi connectivity index (χ0) is 15.0. The predicted molar refractivity (Wildman–Crippen MR) is 82.1 cm³/mol. The van der Waals surface area contributed by atoms with Crippen LogP contribution in [-0.4, -0.2) is 24.6 Å². The molecule has 0 aliphatic heterocycles. The van der Waals surface area contributed by atoms with Crippen LogP contribution in [0.2, 0.25) is 10.0 Å². The van der Waals surface area contributed by atoms with E-state index >= 15 is 0 Å². The van der Waals surface area contributed by atoms with Crippen molar-refractivity contribution in [3.05, 3.63) is 32.7 Å². The Bertz CT molecular complexity index is 478. The summed E-state index contributed by atoms with van der Waals surface area (Å²) in [4.78, 5) is 0. The van der Waals surface area contributed by atoms with Gasteiger partial charge in [0, 0.05) is 24.8 Å². The maximum atomic E-state index is 8.25. The molecule has 0 saturated heterocycles. The van der Waals surface area contributed by atoms with Gasteiger partial charge in [-0.2, -0.15) is 0 Å². The van der Waals surface area contributed by atoms with Crippen molar-refractivity contribution >= 4 is 52.6 Å². The van der Waals surface area contributed by atoms with Crippen molar-refractivity contribution in [2.24, 2.45) is 5.16 Å². The summed E-state index contributed by atoms with van der Waals surface area (Å²) in [5, 5.41) is 11.7. The average Bonchev–Trinajstić information content (AvgIpc) is 2.36. The molecule has 0 aliphatic rings. The second-order valence-electron chi connectivity index (χ2n) is 3.46. The second-order valence-corrected chi connectivity index (χ2v) is 5.28. The molecule has 20 heavy (non-hydrogen) atoms. The third-order valence-corrected chi connectivity index (χ3v) is 2.90. The third kappa shape index (κ3) is 6.09. The lowest BCUT2D eigenvalue weighted by Crippen LogP contribution is -2.00. The quantitative estimate of drug-likeness (QED) is 0.325. The lowest BCUT2D eigenvalue weighted by Gasteiger charge is -2.11. The van der Waals surface area contributed by atoms with Crippen LogP contribution >= 0.6 is 46.4 Å². The fourth-order valence-electron chi connectivity index (χ4n) is 1.23. The van der Waals surface area contributed by atoms with E-state index < -0.39 is 0 Å². The number of oxime groups is 1. The minimum atomic E-state index is 0.118. The van der Waals surface area contributed by atoms with Gasteiger partial charge in [-0.3, -0.25) is 0 Å². The SMILES string of the molecule is ON=CCCOc1c(Cl)cc(OCC=C(Cl)Cl)cc1Cl. The fourth-order valence-corrected chi connectivity index (χ4v) is 1.93. The van der Waals surface area contributed by atoms with E-state index in [1.165, 1.54) is 12.3 Å².